The van der Waals surface area contributed by atoms with Gasteiger partial charge in [-0.05, 0) is 34.7 Å². The normalized spacial score (nSPS) is 11.2. The molecule has 28 heavy (non-hydrogen) atoms. The maximum atomic E-state index is 12.4. The summed E-state index contributed by atoms with van der Waals surface area (Å²) in [5.41, 5.74) is 7.70. The van der Waals surface area contributed by atoms with Gasteiger partial charge in [0, 0.05) is 19.2 Å². The van der Waals surface area contributed by atoms with Crippen LogP contribution in [0.5, 0.6) is 5.75 Å². The molecule has 0 aliphatic rings. The smallest absolute Gasteiger partial charge is 0.271 e. The molecule has 5 N–H and O–H groups in total. The van der Waals surface area contributed by atoms with Crippen LogP contribution in [0.15, 0.2) is 64.2 Å². The molecule has 1 amide bonds. The molecular formula is C19H19N3O4S2. The van der Waals surface area contributed by atoms with Gasteiger partial charge in [-0.25, -0.2) is 8.42 Å². The van der Waals surface area contributed by atoms with Gasteiger partial charge in [-0.15, -0.1) is 11.3 Å². The lowest BCUT2D eigenvalue weighted by Crippen LogP contribution is -2.24. The van der Waals surface area contributed by atoms with Gasteiger partial charge in [-0.3, -0.25) is 9.52 Å². The predicted molar refractivity (Wildman–Crippen MR) is 109 cm³/mol. The SMILES string of the molecule is NCc1ccccc1CNC(=O)c1ccc(NS(=O)(=O)c2cccs2)cc1O. The quantitative estimate of drug-likeness (QED) is 0.471. The molecule has 0 fully saturated rings. The van der Waals surface area contributed by atoms with Crippen LogP contribution in [-0.2, 0) is 23.1 Å². The summed E-state index contributed by atoms with van der Waals surface area (Å²) in [4.78, 5) is 12.4. The van der Waals surface area contributed by atoms with Crippen LogP contribution in [0.2, 0.25) is 0 Å². The van der Waals surface area contributed by atoms with Gasteiger partial charge in [-0.2, -0.15) is 0 Å². The molecule has 0 saturated heterocycles. The van der Waals surface area contributed by atoms with Gasteiger partial charge in [-0.1, -0.05) is 30.3 Å². The van der Waals surface area contributed by atoms with Gasteiger partial charge in [0.25, 0.3) is 15.9 Å². The van der Waals surface area contributed by atoms with Crippen molar-refractivity contribution in [3.8, 4) is 5.75 Å². The molecule has 0 saturated carbocycles. The van der Waals surface area contributed by atoms with E-state index in [1.54, 1.807) is 11.4 Å². The van der Waals surface area contributed by atoms with E-state index >= 15 is 0 Å². The molecule has 7 nitrogen and oxygen atoms in total. The van der Waals surface area contributed by atoms with Crippen LogP contribution in [0.1, 0.15) is 21.5 Å². The number of phenolic OH excluding ortho intramolecular Hbond substituents is 1. The van der Waals surface area contributed by atoms with E-state index in [0.29, 0.717) is 6.54 Å². The van der Waals surface area contributed by atoms with E-state index in [0.717, 1.165) is 22.5 Å². The first kappa shape index (κ1) is 19.9. The van der Waals surface area contributed by atoms with Crippen molar-refractivity contribution in [1.29, 1.82) is 0 Å². The Hall–Kier alpha value is -2.88. The van der Waals surface area contributed by atoms with Crippen molar-refractivity contribution in [3.63, 3.8) is 0 Å². The fourth-order valence-corrected chi connectivity index (χ4v) is 4.65. The zero-order valence-corrected chi connectivity index (χ0v) is 16.4. The first-order chi connectivity index (χ1) is 13.4. The zero-order chi connectivity index (χ0) is 20.1. The van der Waals surface area contributed by atoms with Gasteiger partial charge in [0.1, 0.15) is 9.96 Å². The van der Waals surface area contributed by atoms with Gasteiger partial charge in [0.2, 0.25) is 0 Å². The minimum Gasteiger partial charge on any atom is -0.507 e. The van der Waals surface area contributed by atoms with Crippen molar-refractivity contribution in [1.82, 2.24) is 5.32 Å². The highest BCUT2D eigenvalue weighted by Gasteiger charge is 2.17. The number of nitrogens with one attached hydrogen (secondary N) is 2. The Kier molecular flexibility index (Phi) is 5.98. The number of rotatable bonds is 7. The second-order valence-corrected chi connectivity index (χ2v) is 8.78. The van der Waals surface area contributed by atoms with Crippen LogP contribution < -0.4 is 15.8 Å². The number of hydrogen-bond donors (Lipinski definition) is 4. The number of benzene rings is 2. The number of aromatic hydroxyl groups is 1. The molecule has 0 radical (unpaired) electrons. The van der Waals surface area contributed by atoms with Crippen LogP contribution in [0.4, 0.5) is 5.69 Å². The van der Waals surface area contributed by atoms with Gasteiger partial charge in [0.15, 0.2) is 0 Å². The maximum absolute atomic E-state index is 12.4. The first-order valence-electron chi connectivity index (χ1n) is 8.35. The third-order valence-corrected chi connectivity index (χ3v) is 6.81. The third kappa shape index (κ3) is 4.50. The highest BCUT2D eigenvalue weighted by Crippen LogP contribution is 2.25. The molecular weight excluding hydrogens is 398 g/mol. The van der Waals surface area contributed by atoms with E-state index in [2.05, 4.69) is 10.0 Å². The third-order valence-electron chi connectivity index (χ3n) is 4.03. The lowest BCUT2D eigenvalue weighted by atomic mass is 10.1. The number of anilines is 1. The van der Waals surface area contributed by atoms with E-state index in [4.69, 9.17) is 5.73 Å². The van der Waals surface area contributed by atoms with Gasteiger partial charge >= 0.3 is 0 Å². The number of phenols is 1. The molecule has 1 aromatic heterocycles. The second kappa shape index (κ2) is 8.42. The highest BCUT2D eigenvalue weighted by molar-refractivity contribution is 7.94. The monoisotopic (exact) mass is 417 g/mol. The van der Waals surface area contributed by atoms with Crippen LogP contribution in [0, 0.1) is 0 Å². The molecule has 0 atom stereocenters. The van der Waals surface area contributed by atoms with Gasteiger partial charge < -0.3 is 16.2 Å². The summed E-state index contributed by atoms with van der Waals surface area (Å²) in [5, 5.41) is 14.6. The predicted octanol–water partition coefficient (Wildman–Crippen LogP) is 2.64. The molecule has 146 valence electrons. The van der Waals surface area contributed by atoms with Crippen molar-refractivity contribution in [2.75, 3.05) is 4.72 Å². The van der Waals surface area contributed by atoms with Crippen molar-refractivity contribution in [2.24, 2.45) is 5.73 Å². The van der Waals surface area contributed by atoms with Gasteiger partial charge in [0.05, 0.1) is 11.3 Å². The Morgan fingerprint density at radius 2 is 1.82 bits per heavy atom. The Morgan fingerprint density at radius 1 is 1.07 bits per heavy atom. The summed E-state index contributed by atoms with van der Waals surface area (Å²) in [6.45, 7) is 0.620. The number of nitrogens with two attached hydrogens (primary N) is 1. The fourth-order valence-electron chi connectivity index (χ4n) is 2.61. The fraction of sp³-hybridized carbons (Fsp3) is 0.105. The first-order valence-corrected chi connectivity index (χ1v) is 10.7. The average molecular weight is 418 g/mol. The lowest BCUT2D eigenvalue weighted by molar-refractivity contribution is 0.0948. The Labute approximate surface area is 166 Å². The Morgan fingerprint density at radius 3 is 2.46 bits per heavy atom. The van der Waals surface area contributed by atoms with E-state index in [9.17, 15) is 18.3 Å². The summed E-state index contributed by atoms with van der Waals surface area (Å²) in [7, 11) is -3.73. The second-order valence-electron chi connectivity index (χ2n) is 5.93. The molecule has 0 aliphatic carbocycles. The molecule has 0 aliphatic heterocycles. The van der Waals surface area contributed by atoms with Crippen molar-refractivity contribution < 1.29 is 18.3 Å². The number of thiophene rings is 1. The number of carbonyl (C=O) groups is 1. The standard InChI is InChI=1S/C19H19N3O4S2/c20-11-13-4-1-2-5-14(13)12-21-19(24)16-8-7-15(10-17(16)23)22-28(25,26)18-6-3-9-27-18/h1-10,22-23H,11-12,20H2,(H,21,24). The Bertz CT molecular complexity index is 1080. The van der Waals surface area contributed by atoms with Crippen molar-refractivity contribution in [3.05, 3.63) is 76.7 Å². The van der Waals surface area contributed by atoms with E-state index in [1.165, 1.54) is 24.3 Å². The maximum Gasteiger partial charge on any atom is 0.271 e. The molecule has 0 spiro atoms. The van der Waals surface area contributed by atoms with Crippen molar-refractivity contribution >= 4 is 33.0 Å². The zero-order valence-electron chi connectivity index (χ0n) is 14.8. The minimum atomic E-state index is -3.73. The molecule has 2 aromatic carbocycles. The van der Waals surface area contributed by atoms with Crippen LogP contribution in [0.3, 0.4) is 0 Å². The van der Waals surface area contributed by atoms with Crippen LogP contribution in [-0.4, -0.2) is 19.4 Å². The van der Waals surface area contributed by atoms with E-state index in [1.807, 2.05) is 24.3 Å². The van der Waals surface area contributed by atoms with Crippen LogP contribution in [0.25, 0.3) is 0 Å². The number of sulfonamides is 1. The summed E-state index contributed by atoms with van der Waals surface area (Å²) >= 11 is 1.08. The largest absolute Gasteiger partial charge is 0.507 e. The molecule has 0 bridgehead atoms. The molecule has 3 aromatic rings. The van der Waals surface area contributed by atoms with E-state index in [-0.39, 0.29) is 27.8 Å². The summed E-state index contributed by atoms with van der Waals surface area (Å²) < 4.78 is 27.0. The molecule has 9 heteroatoms. The summed E-state index contributed by atoms with van der Waals surface area (Å²) in [5.74, 6) is -0.798. The number of carbonyl (C=O) groups excluding carboxylic acids is 1. The van der Waals surface area contributed by atoms with Crippen molar-refractivity contribution in [2.45, 2.75) is 17.3 Å². The van der Waals surface area contributed by atoms with Crippen LogP contribution >= 0.6 is 11.3 Å². The molecule has 0 unspecified atom stereocenters. The Balaban J connectivity index is 1.71. The average Bonchev–Trinajstić information content (AvgIpc) is 3.22. The molecule has 1 heterocycles. The highest BCUT2D eigenvalue weighted by atomic mass is 32.2. The minimum absolute atomic E-state index is 0.0456. The summed E-state index contributed by atoms with van der Waals surface area (Å²) in [6, 6.07) is 14.6. The number of hydrogen-bond acceptors (Lipinski definition) is 6. The lowest BCUT2D eigenvalue weighted by Gasteiger charge is -2.11. The summed E-state index contributed by atoms with van der Waals surface area (Å²) in [6.07, 6.45) is 0. The molecule has 3 rings (SSSR count). The number of amides is 1. The van der Waals surface area contributed by atoms with E-state index < -0.39 is 15.9 Å². The topological polar surface area (TPSA) is 122 Å².